The van der Waals surface area contributed by atoms with Crippen LogP contribution >= 0.6 is 0 Å². The second-order valence-corrected chi connectivity index (χ2v) is 10.9. The van der Waals surface area contributed by atoms with E-state index in [-0.39, 0.29) is 17.6 Å². The summed E-state index contributed by atoms with van der Waals surface area (Å²) in [5.41, 5.74) is 2.45. The SMILES string of the molecule is CCCN(C(=O)c1ccc(O)cc1N1CCC(COc2cc(C(CC=O)C3CC3)ccn2)CC1)c1ccccn1. The Balaban J connectivity index is 1.23. The van der Waals surface area contributed by atoms with Crippen LogP contribution in [0.25, 0.3) is 0 Å². The number of phenols is 1. The zero-order valence-corrected chi connectivity index (χ0v) is 23.1. The van der Waals surface area contributed by atoms with E-state index in [1.807, 2.05) is 37.3 Å². The van der Waals surface area contributed by atoms with E-state index < -0.39 is 0 Å². The highest BCUT2D eigenvalue weighted by atomic mass is 16.5. The second-order valence-electron chi connectivity index (χ2n) is 10.9. The fourth-order valence-corrected chi connectivity index (χ4v) is 5.65. The molecule has 1 aliphatic carbocycles. The molecule has 3 heterocycles. The molecule has 8 heteroatoms. The van der Waals surface area contributed by atoms with Crippen molar-refractivity contribution in [3.8, 4) is 11.6 Å². The van der Waals surface area contributed by atoms with Crippen LogP contribution in [0.1, 0.15) is 67.3 Å². The molecule has 1 saturated heterocycles. The van der Waals surface area contributed by atoms with Crippen LogP contribution in [-0.2, 0) is 4.79 Å². The van der Waals surface area contributed by atoms with Crippen molar-refractivity contribution >= 4 is 23.7 Å². The largest absolute Gasteiger partial charge is 0.508 e. The van der Waals surface area contributed by atoms with Gasteiger partial charge in [0.1, 0.15) is 17.9 Å². The maximum Gasteiger partial charge on any atom is 0.261 e. The van der Waals surface area contributed by atoms with E-state index in [1.54, 1.807) is 35.5 Å². The van der Waals surface area contributed by atoms with Crippen LogP contribution in [-0.4, -0.2) is 53.5 Å². The fourth-order valence-electron chi connectivity index (χ4n) is 5.65. The third-order valence-electron chi connectivity index (χ3n) is 7.98. The number of carbonyl (C=O) groups excluding carboxylic acids is 2. The van der Waals surface area contributed by atoms with Crippen LogP contribution in [0.3, 0.4) is 0 Å². The normalized spacial score (nSPS) is 16.4. The molecule has 1 saturated carbocycles. The molecule has 210 valence electrons. The second kappa shape index (κ2) is 12.9. The number of ether oxygens (including phenoxy) is 1. The molecule has 2 aliphatic rings. The van der Waals surface area contributed by atoms with Gasteiger partial charge in [-0.15, -0.1) is 0 Å². The third-order valence-corrected chi connectivity index (χ3v) is 7.98. The third kappa shape index (κ3) is 6.61. The lowest BCUT2D eigenvalue weighted by Gasteiger charge is -2.35. The molecular weight excluding hydrogens is 504 g/mol. The number of aldehydes is 1. The zero-order chi connectivity index (χ0) is 27.9. The standard InChI is InChI=1S/C32H38N4O4/c1-2-16-36(30-5-3-4-14-33-30)32(39)28-9-8-26(38)21-29(28)35-17-11-23(12-18-35)22-40-31-20-25(10-15-34-31)27(13-19-37)24-6-7-24/h3-5,8-10,14-15,19-21,23-24,27,38H,2,6-7,11-13,16-18,22H2,1H3. The number of nitrogens with zero attached hydrogens (tertiary/aromatic N) is 4. The molecule has 1 aromatic carbocycles. The Labute approximate surface area is 236 Å². The van der Waals surface area contributed by atoms with Gasteiger partial charge in [0.2, 0.25) is 5.88 Å². The van der Waals surface area contributed by atoms with Gasteiger partial charge in [-0.1, -0.05) is 13.0 Å². The Morgan fingerprint density at radius 3 is 2.62 bits per heavy atom. The highest BCUT2D eigenvalue weighted by Crippen LogP contribution is 2.44. The summed E-state index contributed by atoms with van der Waals surface area (Å²) in [6.07, 6.45) is 10.0. The van der Waals surface area contributed by atoms with Crippen LogP contribution in [0.2, 0.25) is 0 Å². The Bertz CT molecular complexity index is 1290. The van der Waals surface area contributed by atoms with Crippen LogP contribution in [0.15, 0.2) is 60.9 Å². The number of carbonyl (C=O) groups is 2. The molecule has 2 aromatic heterocycles. The number of amides is 1. The summed E-state index contributed by atoms with van der Waals surface area (Å²) in [7, 11) is 0. The summed E-state index contributed by atoms with van der Waals surface area (Å²) in [5.74, 6) is 2.47. The van der Waals surface area contributed by atoms with Gasteiger partial charge in [0, 0.05) is 50.6 Å². The van der Waals surface area contributed by atoms with Crippen LogP contribution in [0.4, 0.5) is 11.5 Å². The van der Waals surface area contributed by atoms with Crippen molar-refractivity contribution in [2.75, 3.05) is 36.0 Å². The van der Waals surface area contributed by atoms with Crippen molar-refractivity contribution in [1.29, 1.82) is 0 Å². The average molecular weight is 543 g/mol. The first-order chi connectivity index (χ1) is 19.6. The first-order valence-corrected chi connectivity index (χ1v) is 14.4. The molecule has 0 bridgehead atoms. The monoisotopic (exact) mass is 542 g/mol. The van der Waals surface area contributed by atoms with E-state index in [4.69, 9.17) is 4.74 Å². The van der Waals surface area contributed by atoms with Gasteiger partial charge < -0.3 is 19.5 Å². The van der Waals surface area contributed by atoms with E-state index in [0.717, 1.165) is 49.9 Å². The Kier molecular flexibility index (Phi) is 8.94. The van der Waals surface area contributed by atoms with Crippen molar-refractivity contribution < 1.29 is 19.4 Å². The maximum atomic E-state index is 13.7. The molecule has 1 aliphatic heterocycles. The van der Waals surface area contributed by atoms with Gasteiger partial charge in [-0.25, -0.2) is 9.97 Å². The topological polar surface area (TPSA) is 95.9 Å². The number of hydrogen-bond donors (Lipinski definition) is 1. The van der Waals surface area contributed by atoms with Gasteiger partial charge in [-0.2, -0.15) is 0 Å². The zero-order valence-electron chi connectivity index (χ0n) is 23.1. The molecule has 0 spiro atoms. The number of pyridine rings is 2. The van der Waals surface area contributed by atoms with Crippen molar-refractivity contribution in [1.82, 2.24) is 9.97 Å². The van der Waals surface area contributed by atoms with E-state index in [9.17, 15) is 14.7 Å². The van der Waals surface area contributed by atoms with E-state index in [1.165, 1.54) is 12.8 Å². The van der Waals surface area contributed by atoms with Gasteiger partial charge in [0.15, 0.2) is 0 Å². The molecule has 1 unspecified atom stereocenters. The molecule has 5 rings (SSSR count). The predicted octanol–water partition coefficient (Wildman–Crippen LogP) is 5.62. The van der Waals surface area contributed by atoms with Gasteiger partial charge >= 0.3 is 0 Å². The lowest BCUT2D eigenvalue weighted by atomic mass is 9.92. The first-order valence-electron chi connectivity index (χ1n) is 14.4. The number of rotatable bonds is 12. The molecule has 0 radical (unpaired) electrons. The summed E-state index contributed by atoms with van der Waals surface area (Å²) in [6.45, 7) is 4.68. The molecule has 8 nitrogen and oxygen atoms in total. The van der Waals surface area contributed by atoms with Crippen LogP contribution in [0.5, 0.6) is 11.6 Å². The van der Waals surface area contributed by atoms with Crippen molar-refractivity contribution in [3.63, 3.8) is 0 Å². The highest BCUT2D eigenvalue weighted by Gasteiger charge is 2.32. The summed E-state index contributed by atoms with van der Waals surface area (Å²) in [5, 5.41) is 10.3. The van der Waals surface area contributed by atoms with Crippen LogP contribution < -0.4 is 14.5 Å². The quantitative estimate of drug-likeness (QED) is 0.297. The summed E-state index contributed by atoms with van der Waals surface area (Å²) < 4.78 is 6.12. The Hall–Kier alpha value is -3.94. The van der Waals surface area contributed by atoms with E-state index >= 15 is 0 Å². The average Bonchev–Trinajstić information content (AvgIpc) is 3.83. The van der Waals surface area contributed by atoms with Crippen LogP contribution in [0, 0.1) is 11.8 Å². The Morgan fingerprint density at radius 1 is 1.10 bits per heavy atom. The smallest absolute Gasteiger partial charge is 0.261 e. The lowest BCUT2D eigenvalue weighted by molar-refractivity contribution is -0.108. The minimum absolute atomic E-state index is 0.119. The molecule has 1 atom stereocenters. The van der Waals surface area contributed by atoms with E-state index in [0.29, 0.717) is 48.7 Å². The van der Waals surface area contributed by atoms with Crippen molar-refractivity contribution in [2.45, 2.75) is 51.4 Å². The number of hydrogen-bond acceptors (Lipinski definition) is 7. The van der Waals surface area contributed by atoms with Gasteiger partial charge in [-0.3, -0.25) is 9.69 Å². The molecule has 2 fully saturated rings. The number of benzene rings is 1. The van der Waals surface area contributed by atoms with Crippen molar-refractivity contribution in [2.24, 2.45) is 11.8 Å². The number of aromatic hydroxyl groups is 1. The highest BCUT2D eigenvalue weighted by molar-refractivity contribution is 6.09. The molecule has 1 amide bonds. The Morgan fingerprint density at radius 2 is 1.93 bits per heavy atom. The van der Waals surface area contributed by atoms with Gasteiger partial charge in [0.05, 0.1) is 17.9 Å². The van der Waals surface area contributed by atoms with Gasteiger partial charge in [-0.05, 0) is 85.8 Å². The lowest BCUT2D eigenvalue weighted by Crippen LogP contribution is -2.38. The van der Waals surface area contributed by atoms with Gasteiger partial charge in [0.25, 0.3) is 5.91 Å². The first kappa shape index (κ1) is 27.6. The summed E-state index contributed by atoms with van der Waals surface area (Å²) in [4.78, 5) is 37.6. The number of phenolic OH excluding ortho intramolecular Hbond substituents is 1. The maximum absolute atomic E-state index is 13.7. The minimum Gasteiger partial charge on any atom is -0.508 e. The predicted molar refractivity (Wildman–Crippen MR) is 155 cm³/mol. The molecular formula is C32H38N4O4. The minimum atomic E-state index is -0.119. The number of aromatic nitrogens is 2. The molecule has 3 aromatic rings. The molecule has 1 N–H and O–H groups in total. The summed E-state index contributed by atoms with van der Waals surface area (Å²) in [6, 6.07) is 14.5. The van der Waals surface area contributed by atoms with E-state index in [2.05, 4.69) is 14.9 Å². The number of piperidine rings is 1. The van der Waals surface area contributed by atoms with Crippen molar-refractivity contribution in [3.05, 3.63) is 72.1 Å². The number of anilines is 2. The summed E-state index contributed by atoms with van der Waals surface area (Å²) >= 11 is 0. The molecule has 40 heavy (non-hydrogen) atoms. The fraction of sp³-hybridized carbons (Fsp3) is 0.438.